The lowest BCUT2D eigenvalue weighted by Gasteiger charge is -2.18. The quantitative estimate of drug-likeness (QED) is 0.0261. The molecule has 0 aliphatic heterocycles. The molecule has 0 saturated heterocycles. The van der Waals surface area contributed by atoms with Crippen molar-refractivity contribution >= 4 is 17.9 Å². The van der Waals surface area contributed by atoms with Crippen LogP contribution in [0.4, 0.5) is 0 Å². The topological polar surface area (TPSA) is 78.9 Å². The van der Waals surface area contributed by atoms with E-state index in [1.54, 1.807) is 0 Å². The van der Waals surface area contributed by atoms with E-state index < -0.39 is 12.1 Å². The summed E-state index contributed by atoms with van der Waals surface area (Å²) < 4.78 is 16.8. The summed E-state index contributed by atoms with van der Waals surface area (Å²) in [6.07, 6.45) is 80.5. The molecular formula is C65H106O6. The van der Waals surface area contributed by atoms with Gasteiger partial charge in [-0.2, -0.15) is 0 Å². The Kier molecular flexibility index (Phi) is 54.9. The summed E-state index contributed by atoms with van der Waals surface area (Å²) in [6, 6.07) is 0. The average molecular weight is 984 g/mol. The fourth-order valence-corrected chi connectivity index (χ4v) is 7.59. The first-order valence-electron chi connectivity index (χ1n) is 29.0. The van der Waals surface area contributed by atoms with E-state index in [4.69, 9.17) is 14.2 Å². The Labute approximate surface area is 437 Å². The highest BCUT2D eigenvalue weighted by Crippen LogP contribution is 2.14. The lowest BCUT2D eigenvalue weighted by molar-refractivity contribution is -0.166. The van der Waals surface area contributed by atoms with Crippen LogP contribution in [0.25, 0.3) is 0 Å². The smallest absolute Gasteiger partial charge is 0.306 e. The highest BCUT2D eigenvalue weighted by atomic mass is 16.6. The van der Waals surface area contributed by atoms with Crippen LogP contribution in [0.5, 0.6) is 0 Å². The molecule has 402 valence electrons. The summed E-state index contributed by atoms with van der Waals surface area (Å²) in [7, 11) is 0. The number of hydrogen-bond acceptors (Lipinski definition) is 6. The number of unbranched alkanes of at least 4 members (excludes halogenated alkanes) is 20. The van der Waals surface area contributed by atoms with Crippen LogP contribution >= 0.6 is 0 Å². The van der Waals surface area contributed by atoms with E-state index in [2.05, 4.69) is 130 Å². The van der Waals surface area contributed by atoms with Crippen molar-refractivity contribution in [1.29, 1.82) is 0 Å². The Hall–Kier alpha value is -4.19. The van der Waals surface area contributed by atoms with Crippen LogP contribution in [0, 0.1) is 0 Å². The van der Waals surface area contributed by atoms with E-state index >= 15 is 0 Å². The van der Waals surface area contributed by atoms with Gasteiger partial charge in [-0.05, 0) is 122 Å². The molecule has 0 aliphatic rings. The molecule has 0 heterocycles. The third kappa shape index (κ3) is 56.6. The number of carbonyl (C=O) groups excluding carboxylic acids is 3. The number of hydrogen-bond donors (Lipinski definition) is 0. The van der Waals surface area contributed by atoms with Gasteiger partial charge < -0.3 is 14.2 Å². The Morgan fingerprint density at radius 2 is 0.577 bits per heavy atom. The minimum absolute atomic E-state index is 0.118. The van der Waals surface area contributed by atoms with Gasteiger partial charge in [-0.1, -0.05) is 232 Å². The van der Waals surface area contributed by atoms with E-state index in [1.165, 1.54) is 103 Å². The third-order valence-corrected chi connectivity index (χ3v) is 11.9. The zero-order chi connectivity index (χ0) is 51.4. The Balaban J connectivity index is 4.55. The molecule has 0 rings (SSSR count). The van der Waals surface area contributed by atoms with E-state index in [0.29, 0.717) is 19.3 Å². The first-order chi connectivity index (χ1) is 35.0. The molecule has 0 unspecified atom stereocenters. The molecule has 0 spiro atoms. The van der Waals surface area contributed by atoms with Crippen molar-refractivity contribution in [1.82, 2.24) is 0 Å². The monoisotopic (exact) mass is 983 g/mol. The van der Waals surface area contributed by atoms with Crippen molar-refractivity contribution in [3.8, 4) is 0 Å². The molecule has 6 heteroatoms. The normalized spacial score (nSPS) is 12.6. The number of allylic oxidation sites excluding steroid dienone is 20. The summed E-state index contributed by atoms with van der Waals surface area (Å²) in [6.45, 7) is 6.40. The van der Waals surface area contributed by atoms with Crippen molar-refractivity contribution in [3.05, 3.63) is 122 Å². The number of ether oxygens (including phenoxy) is 3. The Morgan fingerprint density at radius 3 is 0.915 bits per heavy atom. The molecular weight excluding hydrogens is 877 g/mol. The highest BCUT2D eigenvalue weighted by molar-refractivity contribution is 5.71. The first kappa shape index (κ1) is 66.8. The molecule has 0 saturated carbocycles. The number of carbonyl (C=O) groups is 3. The Morgan fingerprint density at radius 1 is 0.296 bits per heavy atom. The molecule has 0 bridgehead atoms. The van der Waals surface area contributed by atoms with Gasteiger partial charge in [0, 0.05) is 19.3 Å². The standard InChI is InChI=1S/C65H106O6/c1-4-7-10-13-16-19-22-25-28-31-32-35-38-41-44-47-50-53-56-59-65(68)71-62(60-69-63(66)57-54-51-48-45-42-39-36-33-29-26-23-20-17-14-11-8-5-2)61-70-64(67)58-55-52-49-46-43-40-37-34-30-27-24-21-18-15-12-9-6-3/h7,10,16-21,25-30,32,35,41,44,50,53,62H,4-6,8-9,11-15,22-24,31,33-34,36-40,42-43,45-49,51-52,54-61H2,1-3H3/b10-7-,19-16-,20-17-,21-18-,28-25-,29-26-,30-27-,35-32-,44-41-,53-50-. The van der Waals surface area contributed by atoms with Crippen LogP contribution in [0.15, 0.2) is 122 Å². The van der Waals surface area contributed by atoms with E-state index in [9.17, 15) is 14.4 Å². The molecule has 0 atom stereocenters. The maximum absolute atomic E-state index is 12.8. The number of rotatable bonds is 51. The van der Waals surface area contributed by atoms with Gasteiger partial charge in [0.2, 0.25) is 0 Å². The summed E-state index contributed by atoms with van der Waals surface area (Å²) in [5.74, 6) is -1.02. The zero-order valence-electron chi connectivity index (χ0n) is 45.9. The fraction of sp³-hybridized carbons (Fsp3) is 0.646. The summed E-state index contributed by atoms with van der Waals surface area (Å²) in [5.41, 5.74) is 0. The second-order valence-electron chi connectivity index (χ2n) is 18.8. The molecule has 6 nitrogen and oxygen atoms in total. The maximum atomic E-state index is 12.8. The van der Waals surface area contributed by atoms with Crippen LogP contribution in [0.3, 0.4) is 0 Å². The van der Waals surface area contributed by atoms with E-state index in [0.717, 1.165) is 103 Å². The summed E-state index contributed by atoms with van der Waals surface area (Å²) in [4.78, 5) is 38.2. The van der Waals surface area contributed by atoms with Crippen LogP contribution in [-0.4, -0.2) is 37.2 Å². The second kappa shape index (κ2) is 58.4. The van der Waals surface area contributed by atoms with E-state index in [1.807, 2.05) is 12.2 Å². The van der Waals surface area contributed by atoms with Crippen molar-refractivity contribution in [3.63, 3.8) is 0 Å². The van der Waals surface area contributed by atoms with Crippen molar-refractivity contribution in [2.45, 2.75) is 258 Å². The SMILES string of the molecule is CC/C=C\C/C=C\C/C=C\C/C=C\C/C=C\C/C=C\CCC(=O)OC(COC(=O)CCCCCCCCC/C=C\C/C=C\CCCCC)COC(=O)CCCCCCCCC/C=C\C/C=C\CCCCC. The second-order valence-corrected chi connectivity index (χ2v) is 18.8. The lowest BCUT2D eigenvalue weighted by atomic mass is 10.1. The van der Waals surface area contributed by atoms with Gasteiger partial charge in [0.05, 0.1) is 0 Å². The van der Waals surface area contributed by atoms with Gasteiger partial charge in [-0.25, -0.2) is 0 Å². The van der Waals surface area contributed by atoms with Crippen molar-refractivity contribution < 1.29 is 28.6 Å². The van der Waals surface area contributed by atoms with Gasteiger partial charge in [-0.3, -0.25) is 14.4 Å². The van der Waals surface area contributed by atoms with Crippen LogP contribution in [0.2, 0.25) is 0 Å². The zero-order valence-corrected chi connectivity index (χ0v) is 45.9. The molecule has 0 aromatic rings. The van der Waals surface area contributed by atoms with Crippen LogP contribution in [0.1, 0.15) is 252 Å². The van der Waals surface area contributed by atoms with E-state index in [-0.39, 0.29) is 31.6 Å². The Bertz CT molecular complexity index is 1440. The largest absolute Gasteiger partial charge is 0.462 e. The number of esters is 3. The first-order valence-corrected chi connectivity index (χ1v) is 29.0. The fourth-order valence-electron chi connectivity index (χ4n) is 7.59. The lowest BCUT2D eigenvalue weighted by Crippen LogP contribution is -2.30. The predicted molar refractivity (Wildman–Crippen MR) is 306 cm³/mol. The average Bonchev–Trinajstić information content (AvgIpc) is 3.37. The minimum Gasteiger partial charge on any atom is -0.462 e. The highest BCUT2D eigenvalue weighted by Gasteiger charge is 2.19. The van der Waals surface area contributed by atoms with Gasteiger partial charge in [0.25, 0.3) is 0 Å². The maximum Gasteiger partial charge on any atom is 0.306 e. The van der Waals surface area contributed by atoms with Crippen molar-refractivity contribution in [2.24, 2.45) is 0 Å². The van der Waals surface area contributed by atoms with Gasteiger partial charge >= 0.3 is 17.9 Å². The molecule has 0 fully saturated rings. The molecule has 0 amide bonds. The molecule has 0 aromatic carbocycles. The van der Waals surface area contributed by atoms with Crippen LogP contribution in [-0.2, 0) is 28.6 Å². The van der Waals surface area contributed by atoms with Gasteiger partial charge in [-0.15, -0.1) is 0 Å². The summed E-state index contributed by atoms with van der Waals surface area (Å²) >= 11 is 0. The van der Waals surface area contributed by atoms with Gasteiger partial charge in [0.1, 0.15) is 13.2 Å². The molecule has 0 aromatic heterocycles. The molecule has 71 heavy (non-hydrogen) atoms. The van der Waals surface area contributed by atoms with Gasteiger partial charge in [0.15, 0.2) is 6.10 Å². The predicted octanol–water partition coefficient (Wildman–Crippen LogP) is 19.6. The minimum atomic E-state index is -0.829. The van der Waals surface area contributed by atoms with Crippen LogP contribution < -0.4 is 0 Å². The third-order valence-electron chi connectivity index (χ3n) is 11.9. The summed E-state index contributed by atoms with van der Waals surface area (Å²) in [5, 5.41) is 0. The molecule has 0 radical (unpaired) electrons. The van der Waals surface area contributed by atoms with Crippen molar-refractivity contribution in [2.75, 3.05) is 13.2 Å². The molecule has 0 N–H and O–H groups in total. The molecule has 0 aliphatic carbocycles.